The molecule has 0 unspecified atom stereocenters. The van der Waals surface area contributed by atoms with Crippen LogP contribution in [0.4, 0.5) is 11.4 Å². The smallest absolute Gasteiger partial charge is 0.255 e. The molecule has 0 aromatic heterocycles. The molecule has 3 N–H and O–H groups in total. The number of nitrogen functional groups attached to an aromatic ring is 1. The molecule has 0 heterocycles. The van der Waals surface area contributed by atoms with Crippen molar-refractivity contribution in [2.75, 3.05) is 18.2 Å². The zero-order valence-corrected chi connectivity index (χ0v) is 10.9. The van der Waals surface area contributed by atoms with Gasteiger partial charge in [0.2, 0.25) is 0 Å². The molecule has 0 aliphatic heterocycles. The predicted molar refractivity (Wildman–Crippen MR) is 76.5 cm³/mol. The van der Waals surface area contributed by atoms with E-state index in [1.807, 2.05) is 31.2 Å². The number of benzene rings is 2. The maximum absolute atomic E-state index is 12.2. The Labute approximate surface area is 112 Å². The van der Waals surface area contributed by atoms with Crippen molar-refractivity contribution in [3.8, 4) is 5.75 Å². The van der Waals surface area contributed by atoms with Gasteiger partial charge in [-0.25, -0.2) is 0 Å². The van der Waals surface area contributed by atoms with E-state index in [-0.39, 0.29) is 5.91 Å². The largest absolute Gasteiger partial charge is 0.497 e. The standard InChI is InChI=1S/C15H16N2O2/c1-10-5-3-4-6-14(10)17-15(18)11-7-12(16)9-13(8-11)19-2/h3-9H,16H2,1-2H3,(H,17,18). The van der Waals surface area contributed by atoms with Crippen LogP contribution in [-0.2, 0) is 0 Å². The number of hydrogen-bond donors (Lipinski definition) is 2. The van der Waals surface area contributed by atoms with Crippen molar-refractivity contribution in [2.45, 2.75) is 6.92 Å². The molecule has 0 atom stereocenters. The molecule has 0 radical (unpaired) electrons. The summed E-state index contributed by atoms with van der Waals surface area (Å²) < 4.78 is 5.10. The van der Waals surface area contributed by atoms with E-state index in [9.17, 15) is 4.79 Å². The van der Waals surface area contributed by atoms with Crippen molar-refractivity contribution in [2.24, 2.45) is 0 Å². The van der Waals surface area contributed by atoms with Crippen molar-refractivity contribution >= 4 is 17.3 Å². The fraction of sp³-hybridized carbons (Fsp3) is 0.133. The second-order valence-electron chi connectivity index (χ2n) is 4.26. The van der Waals surface area contributed by atoms with Gasteiger partial charge < -0.3 is 15.8 Å². The summed E-state index contributed by atoms with van der Waals surface area (Å²) in [4.78, 5) is 12.2. The number of methoxy groups -OCH3 is 1. The molecule has 0 saturated heterocycles. The average molecular weight is 256 g/mol. The first-order valence-corrected chi connectivity index (χ1v) is 5.91. The third-order valence-corrected chi connectivity index (χ3v) is 2.82. The maximum Gasteiger partial charge on any atom is 0.255 e. The number of nitrogens with one attached hydrogen (secondary N) is 1. The van der Waals surface area contributed by atoms with E-state index in [0.29, 0.717) is 17.0 Å². The highest BCUT2D eigenvalue weighted by Gasteiger charge is 2.09. The first-order valence-electron chi connectivity index (χ1n) is 5.91. The summed E-state index contributed by atoms with van der Waals surface area (Å²) in [6.45, 7) is 1.94. The monoisotopic (exact) mass is 256 g/mol. The molecule has 1 amide bonds. The van der Waals surface area contributed by atoms with Crippen molar-refractivity contribution < 1.29 is 9.53 Å². The van der Waals surface area contributed by atoms with E-state index in [4.69, 9.17) is 10.5 Å². The molecule has 0 bridgehead atoms. The van der Waals surface area contributed by atoms with Gasteiger partial charge in [-0.2, -0.15) is 0 Å². The lowest BCUT2D eigenvalue weighted by molar-refractivity contribution is 0.102. The van der Waals surface area contributed by atoms with Crippen LogP contribution in [0.25, 0.3) is 0 Å². The fourth-order valence-corrected chi connectivity index (χ4v) is 1.78. The quantitative estimate of drug-likeness (QED) is 0.830. The summed E-state index contributed by atoms with van der Waals surface area (Å²) in [5.74, 6) is 0.356. The summed E-state index contributed by atoms with van der Waals surface area (Å²) in [5, 5.41) is 2.85. The van der Waals surface area contributed by atoms with E-state index < -0.39 is 0 Å². The van der Waals surface area contributed by atoms with E-state index >= 15 is 0 Å². The molecule has 4 heteroatoms. The second-order valence-corrected chi connectivity index (χ2v) is 4.26. The van der Waals surface area contributed by atoms with Gasteiger partial charge in [0.1, 0.15) is 5.75 Å². The van der Waals surface area contributed by atoms with Gasteiger partial charge in [0.25, 0.3) is 5.91 Å². The molecule has 2 aromatic carbocycles. The number of para-hydroxylation sites is 1. The first kappa shape index (κ1) is 13.0. The van der Waals surface area contributed by atoms with Gasteiger partial charge in [0, 0.05) is 23.0 Å². The van der Waals surface area contributed by atoms with Crippen LogP contribution in [0.1, 0.15) is 15.9 Å². The Morgan fingerprint density at radius 3 is 2.63 bits per heavy atom. The molecular weight excluding hydrogens is 240 g/mol. The molecule has 98 valence electrons. The van der Waals surface area contributed by atoms with Gasteiger partial charge in [0.15, 0.2) is 0 Å². The number of hydrogen-bond acceptors (Lipinski definition) is 3. The van der Waals surface area contributed by atoms with Gasteiger partial charge in [-0.05, 0) is 30.7 Å². The van der Waals surface area contributed by atoms with Crippen LogP contribution in [0.3, 0.4) is 0 Å². The zero-order valence-electron chi connectivity index (χ0n) is 10.9. The molecule has 2 aromatic rings. The number of rotatable bonds is 3. The normalized spacial score (nSPS) is 10.0. The van der Waals surface area contributed by atoms with Gasteiger partial charge in [-0.15, -0.1) is 0 Å². The summed E-state index contributed by atoms with van der Waals surface area (Å²) in [6, 6.07) is 12.5. The number of nitrogens with two attached hydrogens (primary N) is 1. The molecule has 4 nitrogen and oxygen atoms in total. The van der Waals surface area contributed by atoms with Crippen LogP contribution in [0.15, 0.2) is 42.5 Å². The third kappa shape index (κ3) is 3.04. The minimum Gasteiger partial charge on any atom is -0.497 e. The summed E-state index contributed by atoms with van der Waals surface area (Å²) in [6.07, 6.45) is 0. The fourth-order valence-electron chi connectivity index (χ4n) is 1.78. The Hall–Kier alpha value is -2.49. The minimum atomic E-state index is -0.208. The SMILES string of the molecule is COc1cc(N)cc(C(=O)Nc2ccccc2C)c1. The minimum absolute atomic E-state index is 0.208. The van der Waals surface area contributed by atoms with E-state index in [1.165, 1.54) is 7.11 Å². The van der Waals surface area contributed by atoms with Crippen LogP contribution in [0.2, 0.25) is 0 Å². The van der Waals surface area contributed by atoms with Crippen LogP contribution in [0, 0.1) is 6.92 Å². The highest BCUT2D eigenvalue weighted by atomic mass is 16.5. The molecule has 0 saturated carbocycles. The second kappa shape index (κ2) is 5.44. The van der Waals surface area contributed by atoms with Gasteiger partial charge >= 0.3 is 0 Å². The Morgan fingerprint density at radius 2 is 1.95 bits per heavy atom. The molecule has 0 aliphatic carbocycles. The van der Waals surface area contributed by atoms with E-state index in [0.717, 1.165) is 11.3 Å². The highest BCUT2D eigenvalue weighted by molar-refractivity contribution is 6.05. The molecule has 19 heavy (non-hydrogen) atoms. The van der Waals surface area contributed by atoms with Crippen LogP contribution in [-0.4, -0.2) is 13.0 Å². The van der Waals surface area contributed by atoms with Crippen LogP contribution < -0.4 is 15.8 Å². The molecule has 0 aliphatic rings. The number of amides is 1. The summed E-state index contributed by atoms with van der Waals surface area (Å²) in [5.41, 5.74) is 8.50. The average Bonchev–Trinajstić information content (AvgIpc) is 2.40. The lowest BCUT2D eigenvalue weighted by Gasteiger charge is -2.09. The van der Waals surface area contributed by atoms with Gasteiger partial charge in [0.05, 0.1) is 7.11 Å². The zero-order chi connectivity index (χ0) is 13.8. The van der Waals surface area contributed by atoms with E-state index in [2.05, 4.69) is 5.32 Å². The molecule has 0 fully saturated rings. The lowest BCUT2D eigenvalue weighted by atomic mass is 10.1. The molecule has 2 rings (SSSR count). The Morgan fingerprint density at radius 1 is 1.21 bits per heavy atom. The Bertz CT molecular complexity index is 609. The summed E-state index contributed by atoms with van der Waals surface area (Å²) in [7, 11) is 1.54. The van der Waals surface area contributed by atoms with Crippen LogP contribution >= 0.6 is 0 Å². The maximum atomic E-state index is 12.2. The molecular formula is C15H16N2O2. The Kier molecular flexibility index (Phi) is 3.71. The van der Waals surface area contributed by atoms with Crippen molar-refractivity contribution in [3.05, 3.63) is 53.6 Å². The predicted octanol–water partition coefficient (Wildman–Crippen LogP) is 2.84. The van der Waals surface area contributed by atoms with Crippen molar-refractivity contribution in [1.29, 1.82) is 0 Å². The lowest BCUT2D eigenvalue weighted by Crippen LogP contribution is -2.13. The van der Waals surface area contributed by atoms with Crippen molar-refractivity contribution in [1.82, 2.24) is 0 Å². The topological polar surface area (TPSA) is 64.3 Å². The summed E-state index contributed by atoms with van der Waals surface area (Å²) >= 11 is 0. The van der Waals surface area contributed by atoms with Crippen molar-refractivity contribution in [3.63, 3.8) is 0 Å². The van der Waals surface area contributed by atoms with Crippen LogP contribution in [0.5, 0.6) is 5.75 Å². The Balaban J connectivity index is 2.25. The van der Waals surface area contributed by atoms with Gasteiger partial charge in [-0.3, -0.25) is 4.79 Å². The number of anilines is 2. The van der Waals surface area contributed by atoms with E-state index in [1.54, 1.807) is 18.2 Å². The van der Waals surface area contributed by atoms with Gasteiger partial charge in [-0.1, -0.05) is 18.2 Å². The molecule has 0 spiro atoms. The number of carbonyl (C=O) groups is 1. The number of ether oxygens (including phenoxy) is 1. The first-order chi connectivity index (χ1) is 9.10. The third-order valence-electron chi connectivity index (χ3n) is 2.82. The number of aryl methyl sites for hydroxylation is 1. The number of carbonyl (C=O) groups excluding carboxylic acids is 1. The highest BCUT2D eigenvalue weighted by Crippen LogP contribution is 2.20.